The fourth-order valence-electron chi connectivity index (χ4n) is 2.70. The van der Waals surface area contributed by atoms with Gasteiger partial charge in [0.1, 0.15) is 12.4 Å². The Kier molecular flexibility index (Phi) is 3.67. The minimum Gasteiger partial charge on any atom is -0.488 e. The zero-order valence-electron chi connectivity index (χ0n) is 12.6. The molecule has 1 aliphatic heterocycles. The lowest BCUT2D eigenvalue weighted by molar-refractivity contribution is 0.0791. The zero-order valence-corrected chi connectivity index (χ0v) is 14.2. The number of hydrogen-bond acceptors (Lipinski definition) is 4. The van der Waals surface area contributed by atoms with Crippen LogP contribution in [0.15, 0.2) is 47.8 Å². The van der Waals surface area contributed by atoms with Gasteiger partial charge in [-0.05, 0) is 29.6 Å². The maximum absolute atomic E-state index is 12.7. The molecular weight excluding hydrogens is 326 g/mol. The summed E-state index contributed by atoms with van der Waals surface area (Å²) in [6, 6.07) is 14.0. The van der Waals surface area contributed by atoms with Gasteiger partial charge in [0.2, 0.25) is 0 Å². The number of para-hydroxylation sites is 1. The van der Waals surface area contributed by atoms with Crippen LogP contribution in [-0.2, 0) is 13.2 Å². The third-order valence-electron chi connectivity index (χ3n) is 3.85. The molecule has 0 atom stereocenters. The summed E-state index contributed by atoms with van der Waals surface area (Å²) < 4.78 is 5.77. The first-order valence-electron chi connectivity index (χ1n) is 7.35. The standard InChI is InChI=1S/C18H15NO2S2/c1-19(10-13-5-4-8-22-13)18(20)16-9-12-11-21-15-7-3-2-6-14(15)17(12)23-16/h2-9H,10-11H2,1H3. The van der Waals surface area contributed by atoms with Crippen molar-refractivity contribution < 1.29 is 9.53 Å². The topological polar surface area (TPSA) is 29.5 Å². The van der Waals surface area contributed by atoms with Gasteiger partial charge in [-0.1, -0.05) is 18.2 Å². The molecule has 3 heterocycles. The van der Waals surface area contributed by atoms with Crippen molar-refractivity contribution in [3.05, 3.63) is 63.2 Å². The van der Waals surface area contributed by atoms with Gasteiger partial charge < -0.3 is 9.64 Å². The van der Waals surface area contributed by atoms with Crippen molar-refractivity contribution in [2.24, 2.45) is 0 Å². The smallest absolute Gasteiger partial charge is 0.264 e. The maximum Gasteiger partial charge on any atom is 0.264 e. The molecule has 1 aliphatic rings. The summed E-state index contributed by atoms with van der Waals surface area (Å²) in [6.45, 7) is 1.18. The van der Waals surface area contributed by atoms with Crippen molar-refractivity contribution in [2.45, 2.75) is 13.2 Å². The number of thiophene rings is 2. The van der Waals surface area contributed by atoms with Crippen LogP contribution in [0, 0.1) is 0 Å². The van der Waals surface area contributed by atoms with Crippen LogP contribution < -0.4 is 4.74 Å². The van der Waals surface area contributed by atoms with Crippen molar-refractivity contribution in [1.82, 2.24) is 4.90 Å². The minimum absolute atomic E-state index is 0.0651. The van der Waals surface area contributed by atoms with Crippen LogP contribution in [0.25, 0.3) is 10.4 Å². The molecule has 3 aromatic rings. The molecule has 0 N–H and O–H groups in total. The van der Waals surface area contributed by atoms with Gasteiger partial charge in [0.15, 0.2) is 0 Å². The first-order valence-corrected chi connectivity index (χ1v) is 9.05. The van der Waals surface area contributed by atoms with Crippen molar-refractivity contribution >= 4 is 28.6 Å². The van der Waals surface area contributed by atoms with E-state index in [1.165, 1.54) is 4.88 Å². The second kappa shape index (κ2) is 5.83. The van der Waals surface area contributed by atoms with Crippen LogP contribution in [0.5, 0.6) is 5.75 Å². The second-order valence-corrected chi connectivity index (χ2v) is 7.57. The normalized spacial score (nSPS) is 12.2. The van der Waals surface area contributed by atoms with Gasteiger partial charge in [-0.25, -0.2) is 0 Å². The fraction of sp³-hybridized carbons (Fsp3) is 0.167. The van der Waals surface area contributed by atoms with Gasteiger partial charge >= 0.3 is 0 Å². The SMILES string of the molecule is CN(Cc1cccs1)C(=O)c1cc2c(s1)-c1ccccc1OC2. The molecule has 0 aliphatic carbocycles. The molecular formula is C18H15NO2S2. The molecule has 0 fully saturated rings. The van der Waals surface area contributed by atoms with Gasteiger partial charge in [0.25, 0.3) is 5.91 Å². The Balaban J connectivity index is 1.62. The Morgan fingerprint density at radius 3 is 2.96 bits per heavy atom. The lowest BCUT2D eigenvalue weighted by Gasteiger charge is -2.16. The molecule has 5 heteroatoms. The van der Waals surface area contributed by atoms with Crippen LogP contribution in [-0.4, -0.2) is 17.9 Å². The van der Waals surface area contributed by atoms with Crippen molar-refractivity contribution in [3.63, 3.8) is 0 Å². The van der Waals surface area contributed by atoms with Crippen LogP contribution in [0.1, 0.15) is 20.1 Å². The Morgan fingerprint density at radius 2 is 2.13 bits per heavy atom. The first kappa shape index (κ1) is 14.5. The number of benzene rings is 1. The maximum atomic E-state index is 12.7. The molecule has 116 valence electrons. The van der Waals surface area contributed by atoms with Gasteiger partial charge in [-0.2, -0.15) is 0 Å². The summed E-state index contributed by atoms with van der Waals surface area (Å²) in [5, 5.41) is 2.03. The number of amides is 1. The number of carbonyl (C=O) groups is 1. The lowest BCUT2D eigenvalue weighted by atomic mass is 10.1. The number of nitrogens with zero attached hydrogens (tertiary/aromatic N) is 1. The Morgan fingerprint density at radius 1 is 1.26 bits per heavy atom. The zero-order chi connectivity index (χ0) is 15.8. The predicted octanol–water partition coefficient (Wildman–Crippen LogP) is 4.64. The van der Waals surface area contributed by atoms with E-state index < -0.39 is 0 Å². The number of rotatable bonds is 3. The Labute approximate surface area is 142 Å². The second-order valence-electron chi connectivity index (χ2n) is 5.49. The fourth-order valence-corrected chi connectivity index (χ4v) is 4.65. The number of hydrogen-bond donors (Lipinski definition) is 0. The van der Waals surface area contributed by atoms with Crippen LogP contribution in [0.3, 0.4) is 0 Å². The first-order chi connectivity index (χ1) is 11.2. The Bertz CT molecular complexity index is 852. The van der Waals surface area contributed by atoms with Crippen LogP contribution >= 0.6 is 22.7 Å². The van der Waals surface area contributed by atoms with E-state index in [9.17, 15) is 4.79 Å². The molecule has 4 rings (SSSR count). The van der Waals surface area contributed by atoms with E-state index in [-0.39, 0.29) is 5.91 Å². The molecule has 0 bridgehead atoms. The van der Waals surface area contributed by atoms with Crippen molar-refractivity contribution in [2.75, 3.05) is 7.05 Å². The van der Waals surface area contributed by atoms with Crippen LogP contribution in [0.4, 0.5) is 0 Å². The number of fused-ring (bicyclic) bond motifs is 3. The number of ether oxygens (including phenoxy) is 1. The summed E-state index contributed by atoms with van der Waals surface area (Å²) in [7, 11) is 1.85. The largest absolute Gasteiger partial charge is 0.488 e. The molecule has 0 unspecified atom stereocenters. The van der Waals surface area contributed by atoms with Crippen LogP contribution in [0.2, 0.25) is 0 Å². The molecule has 2 aromatic heterocycles. The summed E-state index contributed by atoms with van der Waals surface area (Å²) in [5.74, 6) is 0.961. The van der Waals surface area contributed by atoms with E-state index in [1.54, 1.807) is 27.6 Å². The predicted molar refractivity (Wildman–Crippen MR) is 94.2 cm³/mol. The molecule has 1 amide bonds. The summed E-state index contributed by atoms with van der Waals surface area (Å²) in [4.78, 5) is 17.6. The molecule has 0 saturated heterocycles. The van der Waals surface area contributed by atoms with Gasteiger partial charge in [0.05, 0.1) is 11.4 Å². The third kappa shape index (κ3) is 2.66. The van der Waals surface area contributed by atoms with E-state index in [0.717, 1.165) is 26.6 Å². The highest BCUT2D eigenvalue weighted by atomic mass is 32.1. The molecule has 0 radical (unpaired) electrons. The highest BCUT2D eigenvalue weighted by Crippen LogP contribution is 2.42. The van der Waals surface area contributed by atoms with Crippen molar-refractivity contribution in [3.8, 4) is 16.2 Å². The van der Waals surface area contributed by atoms with E-state index in [4.69, 9.17) is 4.74 Å². The van der Waals surface area contributed by atoms with Gasteiger partial charge in [0, 0.05) is 27.9 Å². The molecule has 3 nitrogen and oxygen atoms in total. The third-order valence-corrected chi connectivity index (χ3v) is 5.91. The average Bonchev–Trinajstić information content (AvgIpc) is 3.23. The highest BCUT2D eigenvalue weighted by molar-refractivity contribution is 7.17. The minimum atomic E-state index is 0.0651. The van der Waals surface area contributed by atoms with E-state index >= 15 is 0 Å². The lowest BCUT2D eigenvalue weighted by Crippen LogP contribution is -2.24. The van der Waals surface area contributed by atoms with Gasteiger partial charge in [-0.15, -0.1) is 22.7 Å². The average molecular weight is 341 g/mol. The summed E-state index contributed by atoms with van der Waals surface area (Å²) in [5.41, 5.74) is 2.18. The van der Waals surface area contributed by atoms with E-state index in [1.807, 2.05) is 48.8 Å². The quantitative estimate of drug-likeness (QED) is 0.694. The molecule has 0 spiro atoms. The number of carbonyl (C=O) groups excluding carboxylic acids is 1. The van der Waals surface area contributed by atoms with E-state index in [0.29, 0.717) is 13.2 Å². The van der Waals surface area contributed by atoms with Gasteiger partial charge in [-0.3, -0.25) is 4.79 Å². The molecule has 23 heavy (non-hydrogen) atoms. The Hall–Kier alpha value is -2.11. The molecule has 1 aromatic carbocycles. The monoisotopic (exact) mass is 341 g/mol. The van der Waals surface area contributed by atoms with Crippen molar-refractivity contribution in [1.29, 1.82) is 0 Å². The highest BCUT2D eigenvalue weighted by Gasteiger charge is 2.23. The van der Waals surface area contributed by atoms with E-state index in [2.05, 4.69) is 6.07 Å². The molecule has 0 saturated carbocycles. The summed E-state index contributed by atoms with van der Waals surface area (Å²) >= 11 is 3.23. The summed E-state index contributed by atoms with van der Waals surface area (Å²) in [6.07, 6.45) is 0.